The summed E-state index contributed by atoms with van der Waals surface area (Å²) in [5, 5.41) is 0. The van der Waals surface area contributed by atoms with E-state index in [2.05, 4.69) is 23.5 Å². The molecule has 0 saturated carbocycles. The first-order chi connectivity index (χ1) is 14.4. The van der Waals surface area contributed by atoms with Gasteiger partial charge in [-0.25, -0.2) is 13.1 Å². The number of nitrogens with zero attached hydrogens (tertiary/aromatic N) is 2. The third-order valence-electron chi connectivity index (χ3n) is 5.36. The highest BCUT2D eigenvalue weighted by molar-refractivity contribution is 7.89. The molecule has 0 bridgehead atoms. The van der Waals surface area contributed by atoms with Crippen LogP contribution in [0.3, 0.4) is 0 Å². The van der Waals surface area contributed by atoms with Crippen molar-refractivity contribution in [3.8, 4) is 5.75 Å². The molecule has 7 nitrogen and oxygen atoms in total. The number of carbonyl (C=O) groups is 1. The molecule has 0 unspecified atom stereocenters. The summed E-state index contributed by atoms with van der Waals surface area (Å²) in [5.41, 5.74) is 2.48. The summed E-state index contributed by atoms with van der Waals surface area (Å²) in [4.78, 5) is 16.1. The molecular weight excluding hydrogens is 402 g/mol. The quantitative estimate of drug-likeness (QED) is 0.660. The highest BCUT2D eigenvalue weighted by Crippen LogP contribution is 2.33. The summed E-state index contributed by atoms with van der Waals surface area (Å²) in [5.74, 6) is 0.459. The van der Waals surface area contributed by atoms with Gasteiger partial charge in [-0.3, -0.25) is 4.79 Å². The fourth-order valence-corrected chi connectivity index (χ4v) is 4.66. The number of hydrogen-bond donors (Lipinski definition) is 1. The number of anilines is 2. The van der Waals surface area contributed by atoms with E-state index in [0.29, 0.717) is 24.4 Å². The number of rotatable bonds is 9. The van der Waals surface area contributed by atoms with Crippen LogP contribution in [0.5, 0.6) is 5.75 Å². The van der Waals surface area contributed by atoms with Crippen LogP contribution in [-0.4, -0.2) is 41.1 Å². The smallest absolute Gasteiger partial charge is 0.240 e. The predicted molar refractivity (Wildman–Crippen MR) is 119 cm³/mol. The first-order valence-corrected chi connectivity index (χ1v) is 11.7. The summed E-state index contributed by atoms with van der Waals surface area (Å²) in [6, 6.07) is 12.5. The molecular formula is C22H29N3O4S. The van der Waals surface area contributed by atoms with Crippen LogP contribution in [0.1, 0.15) is 32.3 Å². The molecule has 0 atom stereocenters. The van der Waals surface area contributed by atoms with Gasteiger partial charge in [0.25, 0.3) is 0 Å². The van der Waals surface area contributed by atoms with E-state index >= 15 is 0 Å². The number of sulfonamides is 1. The molecule has 0 aromatic heterocycles. The molecule has 1 fully saturated rings. The minimum atomic E-state index is -3.74. The van der Waals surface area contributed by atoms with Crippen molar-refractivity contribution >= 4 is 27.3 Å². The van der Waals surface area contributed by atoms with E-state index in [9.17, 15) is 13.2 Å². The molecule has 3 rings (SSSR count). The van der Waals surface area contributed by atoms with Gasteiger partial charge >= 0.3 is 0 Å². The van der Waals surface area contributed by atoms with Crippen LogP contribution in [0.15, 0.2) is 47.4 Å². The topological polar surface area (TPSA) is 79.0 Å². The fourth-order valence-electron chi connectivity index (χ4n) is 3.63. The standard InChI is InChI=1S/C22H29N3O4S/c1-4-24(5-2)18-10-8-17(9-11-18)16-23-30(27,28)19-12-13-21(29-3)20(15-19)25-14-6-7-22(25)26/h8-13,15,23H,4-7,14,16H2,1-3H3. The van der Waals surface area contributed by atoms with Gasteiger partial charge in [-0.05, 0) is 56.2 Å². The maximum absolute atomic E-state index is 12.9. The second-order valence-corrected chi connectivity index (χ2v) is 8.91. The third-order valence-corrected chi connectivity index (χ3v) is 6.75. The Hall–Kier alpha value is -2.58. The van der Waals surface area contributed by atoms with E-state index in [0.717, 1.165) is 30.8 Å². The Morgan fingerprint density at radius 1 is 1.10 bits per heavy atom. The molecule has 2 aromatic carbocycles. The molecule has 1 amide bonds. The molecule has 0 spiro atoms. The van der Waals surface area contributed by atoms with Crippen LogP contribution < -0.4 is 19.3 Å². The molecule has 1 heterocycles. The Kier molecular flexibility index (Phi) is 6.99. The summed E-state index contributed by atoms with van der Waals surface area (Å²) < 4.78 is 33.7. The molecule has 2 aromatic rings. The number of ether oxygens (including phenoxy) is 1. The summed E-state index contributed by atoms with van der Waals surface area (Å²) in [6.07, 6.45) is 1.21. The highest BCUT2D eigenvalue weighted by Gasteiger charge is 2.26. The average Bonchev–Trinajstić information content (AvgIpc) is 3.19. The zero-order valence-corrected chi connectivity index (χ0v) is 18.5. The molecule has 8 heteroatoms. The molecule has 1 aliphatic rings. The zero-order chi connectivity index (χ0) is 21.7. The van der Waals surface area contributed by atoms with Crippen LogP contribution >= 0.6 is 0 Å². The van der Waals surface area contributed by atoms with Gasteiger partial charge in [0.2, 0.25) is 15.9 Å². The van der Waals surface area contributed by atoms with E-state index in [-0.39, 0.29) is 17.3 Å². The Morgan fingerprint density at radius 2 is 1.80 bits per heavy atom. The van der Waals surface area contributed by atoms with E-state index < -0.39 is 10.0 Å². The van der Waals surface area contributed by atoms with E-state index in [1.165, 1.54) is 19.2 Å². The predicted octanol–water partition coefficient (Wildman–Crippen LogP) is 3.15. The minimum Gasteiger partial charge on any atom is -0.495 e. The molecule has 0 radical (unpaired) electrons. The summed E-state index contributed by atoms with van der Waals surface area (Å²) in [7, 11) is -2.24. The van der Waals surface area contributed by atoms with Gasteiger partial charge in [0.1, 0.15) is 5.75 Å². The van der Waals surface area contributed by atoms with Crippen molar-refractivity contribution in [2.75, 3.05) is 36.5 Å². The van der Waals surface area contributed by atoms with Crippen molar-refractivity contribution < 1.29 is 17.9 Å². The number of hydrogen-bond acceptors (Lipinski definition) is 5. The number of amides is 1. The number of benzene rings is 2. The summed E-state index contributed by atoms with van der Waals surface area (Å²) in [6.45, 7) is 6.79. The van der Waals surface area contributed by atoms with Crippen LogP contribution in [0.4, 0.5) is 11.4 Å². The van der Waals surface area contributed by atoms with Gasteiger partial charge in [-0.15, -0.1) is 0 Å². The van der Waals surface area contributed by atoms with Crippen LogP contribution in [0, 0.1) is 0 Å². The lowest BCUT2D eigenvalue weighted by Gasteiger charge is -2.21. The Morgan fingerprint density at radius 3 is 2.37 bits per heavy atom. The van der Waals surface area contributed by atoms with Gasteiger partial charge in [0.15, 0.2) is 0 Å². The Bertz CT molecular complexity index is 986. The first kappa shape index (κ1) is 22.1. The lowest BCUT2D eigenvalue weighted by Crippen LogP contribution is -2.26. The van der Waals surface area contributed by atoms with Crippen molar-refractivity contribution in [3.63, 3.8) is 0 Å². The van der Waals surface area contributed by atoms with Gasteiger partial charge in [-0.1, -0.05) is 12.1 Å². The lowest BCUT2D eigenvalue weighted by atomic mass is 10.2. The van der Waals surface area contributed by atoms with Crippen molar-refractivity contribution in [2.24, 2.45) is 0 Å². The molecule has 0 aliphatic carbocycles. The van der Waals surface area contributed by atoms with Crippen molar-refractivity contribution in [1.29, 1.82) is 0 Å². The first-order valence-electron chi connectivity index (χ1n) is 10.2. The van der Waals surface area contributed by atoms with Gasteiger partial charge < -0.3 is 14.5 Å². The van der Waals surface area contributed by atoms with Crippen LogP contribution in [0.2, 0.25) is 0 Å². The van der Waals surface area contributed by atoms with Crippen LogP contribution in [0.25, 0.3) is 0 Å². The van der Waals surface area contributed by atoms with E-state index in [4.69, 9.17) is 4.74 Å². The monoisotopic (exact) mass is 431 g/mol. The average molecular weight is 432 g/mol. The molecule has 1 N–H and O–H groups in total. The van der Waals surface area contributed by atoms with Gasteiger partial charge in [0, 0.05) is 38.3 Å². The highest BCUT2D eigenvalue weighted by atomic mass is 32.2. The largest absolute Gasteiger partial charge is 0.495 e. The molecule has 162 valence electrons. The van der Waals surface area contributed by atoms with Gasteiger partial charge in [0.05, 0.1) is 17.7 Å². The number of carbonyl (C=O) groups excluding carboxylic acids is 1. The third kappa shape index (κ3) is 4.76. The SMILES string of the molecule is CCN(CC)c1ccc(CNS(=O)(=O)c2ccc(OC)c(N3CCCC3=O)c2)cc1. The normalized spacial score (nSPS) is 14.2. The molecule has 1 aliphatic heterocycles. The second kappa shape index (κ2) is 9.49. The summed E-state index contributed by atoms with van der Waals surface area (Å²) >= 11 is 0. The van der Waals surface area contributed by atoms with Crippen LogP contribution in [-0.2, 0) is 21.4 Å². The van der Waals surface area contributed by atoms with E-state index in [1.807, 2.05) is 24.3 Å². The van der Waals surface area contributed by atoms with Crippen molar-refractivity contribution in [2.45, 2.75) is 38.1 Å². The minimum absolute atomic E-state index is 0.0240. The van der Waals surface area contributed by atoms with Gasteiger partial charge in [-0.2, -0.15) is 0 Å². The van der Waals surface area contributed by atoms with Crippen molar-refractivity contribution in [1.82, 2.24) is 4.72 Å². The maximum Gasteiger partial charge on any atom is 0.240 e. The Balaban J connectivity index is 1.76. The zero-order valence-electron chi connectivity index (χ0n) is 17.7. The second-order valence-electron chi connectivity index (χ2n) is 7.15. The van der Waals surface area contributed by atoms with Crippen molar-refractivity contribution in [3.05, 3.63) is 48.0 Å². The Labute approximate surface area is 178 Å². The number of nitrogens with one attached hydrogen (secondary N) is 1. The number of methoxy groups -OCH3 is 1. The fraction of sp³-hybridized carbons (Fsp3) is 0.409. The molecule has 30 heavy (non-hydrogen) atoms. The maximum atomic E-state index is 12.9. The molecule has 1 saturated heterocycles. The lowest BCUT2D eigenvalue weighted by molar-refractivity contribution is -0.117. The van der Waals surface area contributed by atoms with E-state index in [1.54, 1.807) is 11.0 Å².